The average Bonchev–Trinajstić information content (AvgIpc) is 3.64. The molecule has 1 amide bonds. The van der Waals surface area contributed by atoms with E-state index in [4.69, 9.17) is 4.98 Å². The highest BCUT2D eigenvalue weighted by molar-refractivity contribution is 7.89. The van der Waals surface area contributed by atoms with E-state index in [0.29, 0.717) is 10.7 Å². The third kappa shape index (κ3) is 4.52. The minimum absolute atomic E-state index is 0.0792. The van der Waals surface area contributed by atoms with Crippen LogP contribution in [-0.2, 0) is 10.0 Å². The molecule has 34 heavy (non-hydrogen) atoms. The molecule has 172 valence electrons. The Morgan fingerprint density at radius 3 is 2.09 bits per heavy atom. The average molecular weight is 490 g/mol. The van der Waals surface area contributed by atoms with Crippen LogP contribution in [0.3, 0.4) is 0 Å². The summed E-state index contributed by atoms with van der Waals surface area (Å²) < 4.78 is 26.8. The van der Waals surface area contributed by atoms with Crippen LogP contribution in [0.4, 0.5) is 5.13 Å². The first kappa shape index (κ1) is 22.5. The lowest BCUT2D eigenvalue weighted by atomic mass is 10.1. The highest BCUT2D eigenvalue weighted by atomic mass is 32.2. The second-order valence-corrected chi connectivity index (χ2v) is 11.2. The Hall–Kier alpha value is -3.33. The molecule has 5 rings (SSSR count). The second kappa shape index (κ2) is 9.13. The Balaban J connectivity index is 1.40. The Morgan fingerprint density at radius 1 is 0.912 bits per heavy atom. The van der Waals surface area contributed by atoms with Crippen molar-refractivity contribution in [1.82, 2.24) is 9.29 Å². The van der Waals surface area contributed by atoms with Gasteiger partial charge in [-0.1, -0.05) is 72.0 Å². The number of carbonyl (C=O) groups is 1. The lowest BCUT2D eigenvalue weighted by Crippen LogP contribution is -2.29. The van der Waals surface area contributed by atoms with Crippen LogP contribution in [0.5, 0.6) is 0 Å². The summed E-state index contributed by atoms with van der Waals surface area (Å²) in [5, 5.41) is 3.36. The number of sulfonamides is 1. The quantitative estimate of drug-likeness (QED) is 0.371. The van der Waals surface area contributed by atoms with Crippen LogP contribution in [0, 0.1) is 0 Å². The van der Waals surface area contributed by atoms with E-state index in [0.717, 1.165) is 34.5 Å². The molecule has 6 nitrogen and oxygen atoms in total. The molecular formula is C26H23N3O3S2. The SMILES string of the molecule is CN(C1CC1)S(=O)(=O)c1ccc(C(=O)Nc2nc(-c3ccccc3)c(-c3ccccc3)s2)cc1. The summed E-state index contributed by atoms with van der Waals surface area (Å²) >= 11 is 1.41. The topological polar surface area (TPSA) is 79.4 Å². The van der Waals surface area contributed by atoms with E-state index < -0.39 is 10.0 Å². The first-order valence-electron chi connectivity index (χ1n) is 10.9. The fourth-order valence-corrected chi connectivity index (χ4v) is 6.10. The molecule has 1 N–H and O–H groups in total. The molecule has 0 aliphatic heterocycles. The van der Waals surface area contributed by atoms with Crippen LogP contribution in [0.15, 0.2) is 89.8 Å². The minimum Gasteiger partial charge on any atom is -0.298 e. The van der Waals surface area contributed by atoms with Crippen LogP contribution in [0.1, 0.15) is 23.2 Å². The number of aromatic nitrogens is 1. The van der Waals surface area contributed by atoms with Gasteiger partial charge in [0.05, 0.1) is 15.5 Å². The van der Waals surface area contributed by atoms with Gasteiger partial charge in [0.25, 0.3) is 5.91 Å². The van der Waals surface area contributed by atoms with Crippen molar-refractivity contribution < 1.29 is 13.2 Å². The second-order valence-electron chi connectivity index (χ2n) is 8.16. The summed E-state index contributed by atoms with van der Waals surface area (Å²) in [4.78, 5) is 18.8. The van der Waals surface area contributed by atoms with Crippen molar-refractivity contribution >= 4 is 32.4 Å². The number of nitrogens with one attached hydrogen (secondary N) is 1. The molecule has 8 heteroatoms. The van der Waals surface area contributed by atoms with Gasteiger partial charge in [-0.2, -0.15) is 4.31 Å². The smallest absolute Gasteiger partial charge is 0.257 e. The molecule has 4 aromatic rings. The molecule has 3 aromatic carbocycles. The Bertz CT molecular complexity index is 1360. The summed E-state index contributed by atoms with van der Waals surface area (Å²) in [7, 11) is -1.95. The Kier molecular flexibility index (Phi) is 6.03. The van der Waals surface area contributed by atoms with Crippen LogP contribution >= 0.6 is 11.3 Å². The molecule has 1 heterocycles. The number of hydrogen-bond acceptors (Lipinski definition) is 5. The van der Waals surface area contributed by atoms with E-state index >= 15 is 0 Å². The number of benzene rings is 3. The molecule has 0 bridgehead atoms. The number of nitrogens with zero attached hydrogens (tertiary/aromatic N) is 2. The molecule has 1 aromatic heterocycles. The zero-order chi connectivity index (χ0) is 23.7. The van der Waals surface area contributed by atoms with E-state index in [9.17, 15) is 13.2 Å². The lowest BCUT2D eigenvalue weighted by molar-refractivity contribution is 0.102. The maximum absolute atomic E-state index is 12.9. The highest BCUT2D eigenvalue weighted by Crippen LogP contribution is 2.39. The predicted octanol–water partition coefficient (Wildman–Crippen LogP) is 5.51. The van der Waals surface area contributed by atoms with Crippen LogP contribution in [0.2, 0.25) is 0 Å². The normalized spacial score (nSPS) is 13.7. The van der Waals surface area contributed by atoms with Gasteiger partial charge in [0.1, 0.15) is 0 Å². The van der Waals surface area contributed by atoms with Crippen LogP contribution in [0.25, 0.3) is 21.7 Å². The summed E-state index contributed by atoms with van der Waals surface area (Å²) in [6.07, 6.45) is 1.78. The molecule has 1 aliphatic carbocycles. The first-order chi connectivity index (χ1) is 16.4. The third-order valence-corrected chi connectivity index (χ3v) is 8.73. The van der Waals surface area contributed by atoms with Gasteiger partial charge < -0.3 is 0 Å². The van der Waals surface area contributed by atoms with E-state index in [1.54, 1.807) is 7.05 Å². The monoisotopic (exact) mass is 489 g/mol. The minimum atomic E-state index is -3.55. The molecule has 0 atom stereocenters. The van der Waals surface area contributed by atoms with Gasteiger partial charge in [0.2, 0.25) is 10.0 Å². The molecule has 0 unspecified atom stereocenters. The van der Waals surface area contributed by atoms with E-state index in [-0.39, 0.29) is 16.8 Å². The van der Waals surface area contributed by atoms with Crippen molar-refractivity contribution in [3.05, 3.63) is 90.5 Å². The lowest BCUT2D eigenvalue weighted by Gasteiger charge is -2.16. The number of thiazole rings is 1. The fraction of sp³-hybridized carbons (Fsp3) is 0.154. The zero-order valence-corrected chi connectivity index (χ0v) is 20.1. The number of carbonyl (C=O) groups excluding carboxylic acids is 1. The standard InChI is InChI=1S/C26H23N3O3S2/c1-29(21-14-15-21)34(31,32)22-16-12-20(13-17-22)25(30)28-26-27-23(18-8-4-2-5-9-18)24(33-26)19-10-6-3-7-11-19/h2-13,16-17,21H,14-15H2,1H3,(H,27,28,30). The van der Waals surface area contributed by atoms with Gasteiger partial charge in [-0.3, -0.25) is 10.1 Å². The first-order valence-corrected chi connectivity index (χ1v) is 13.2. The van der Waals surface area contributed by atoms with Gasteiger partial charge in [-0.25, -0.2) is 13.4 Å². The van der Waals surface area contributed by atoms with Gasteiger partial charge in [-0.05, 0) is 42.7 Å². The summed E-state index contributed by atoms with van der Waals surface area (Å²) in [5.41, 5.74) is 3.16. The van der Waals surface area contributed by atoms with Crippen molar-refractivity contribution in [2.75, 3.05) is 12.4 Å². The van der Waals surface area contributed by atoms with Crippen molar-refractivity contribution in [2.24, 2.45) is 0 Å². The number of amides is 1. The van der Waals surface area contributed by atoms with Gasteiger partial charge in [0.15, 0.2) is 5.13 Å². The number of anilines is 1. The summed E-state index contributed by atoms with van der Waals surface area (Å²) in [6, 6.07) is 25.9. The van der Waals surface area contributed by atoms with Gasteiger partial charge >= 0.3 is 0 Å². The molecule has 0 spiro atoms. The number of hydrogen-bond donors (Lipinski definition) is 1. The van der Waals surface area contributed by atoms with Crippen LogP contribution in [-0.4, -0.2) is 36.7 Å². The summed E-state index contributed by atoms with van der Waals surface area (Å²) in [5.74, 6) is -0.340. The summed E-state index contributed by atoms with van der Waals surface area (Å²) in [6.45, 7) is 0. The zero-order valence-electron chi connectivity index (χ0n) is 18.5. The molecule has 1 fully saturated rings. The molecule has 1 saturated carbocycles. The van der Waals surface area contributed by atoms with E-state index in [1.807, 2.05) is 60.7 Å². The van der Waals surface area contributed by atoms with Gasteiger partial charge in [-0.15, -0.1) is 0 Å². The maximum Gasteiger partial charge on any atom is 0.257 e. The molecule has 0 saturated heterocycles. The van der Waals surface area contributed by atoms with E-state index in [1.165, 1.54) is 39.9 Å². The van der Waals surface area contributed by atoms with Crippen LogP contribution < -0.4 is 5.32 Å². The largest absolute Gasteiger partial charge is 0.298 e. The third-order valence-electron chi connectivity index (χ3n) is 5.79. The fourth-order valence-electron chi connectivity index (χ4n) is 3.70. The maximum atomic E-state index is 12.9. The van der Waals surface area contributed by atoms with Crippen molar-refractivity contribution in [3.8, 4) is 21.7 Å². The predicted molar refractivity (Wildman–Crippen MR) is 135 cm³/mol. The van der Waals surface area contributed by atoms with E-state index in [2.05, 4.69) is 5.32 Å². The van der Waals surface area contributed by atoms with Crippen molar-refractivity contribution in [3.63, 3.8) is 0 Å². The van der Waals surface area contributed by atoms with Crippen molar-refractivity contribution in [1.29, 1.82) is 0 Å². The van der Waals surface area contributed by atoms with Crippen molar-refractivity contribution in [2.45, 2.75) is 23.8 Å². The van der Waals surface area contributed by atoms with Gasteiger partial charge in [0, 0.05) is 24.2 Å². The highest BCUT2D eigenvalue weighted by Gasteiger charge is 2.35. The molecule has 0 radical (unpaired) electrons. The number of rotatable bonds is 7. The molecule has 1 aliphatic rings. The Labute approximate surface area is 203 Å². The Morgan fingerprint density at radius 2 is 1.50 bits per heavy atom. The molecular weight excluding hydrogens is 466 g/mol.